The zero-order valence-electron chi connectivity index (χ0n) is 17.5. The lowest BCUT2D eigenvalue weighted by molar-refractivity contribution is -0.137. The molecule has 10 heteroatoms. The third kappa shape index (κ3) is 5.27. The molecule has 1 aromatic heterocycles. The van der Waals surface area contributed by atoms with Gasteiger partial charge in [0.25, 0.3) is 0 Å². The van der Waals surface area contributed by atoms with Gasteiger partial charge in [0.15, 0.2) is 15.7 Å². The maximum absolute atomic E-state index is 12.9. The van der Waals surface area contributed by atoms with Gasteiger partial charge in [-0.3, -0.25) is 19.2 Å². The molecule has 2 aromatic rings. The van der Waals surface area contributed by atoms with Gasteiger partial charge in [-0.1, -0.05) is 31.0 Å². The van der Waals surface area contributed by atoms with Crippen LogP contribution in [0.3, 0.4) is 0 Å². The van der Waals surface area contributed by atoms with Crippen LogP contribution in [0.15, 0.2) is 35.4 Å². The zero-order chi connectivity index (χ0) is 22.8. The highest BCUT2D eigenvalue weighted by atomic mass is 35.5. The highest BCUT2D eigenvalue weighted by Crippen LogP contribution is 2.41. The van der Waals surface area contributed by atoms with Crippen molar-refractivity contribution in [2.45, 2.75) is 62.4 Å². The molecule has 1 fully saturated rings. The van der Waals surface area contributed by atoms with Gasteiger partial charge in [0.2, 0.25) is 5.91 Å². The summed E-state index contributed by atoms with van der Waals surface area (Å²) in [6.45, 7) is 2.01. The molecule has 31 heavy (non-hydrogen) atoms. The Kier molecular flexibility index (Phi) is 7.06. The average Bonchev–Trinajstić information content (AvgIpc) is 3.35. The van der Waals surface area contributed by atoms with Crippen LogP contribution in [0.2, 0.25) is 5.02 Å². The van der Waals surface area contributed by atoms with E-state index in [4.69, 9.17) is 16.7 Å². The minimum absolute atomic E-state index is 0.00854. The Morgan fingerprint density at radius 2 is 2.03 bits per heavy atom. The van der Waals surface area contributed by atoms with Crippen molar-refractivity contribution in [2.24, 2.45) is 0 Å². The predicted octanol–water partition coefficient (Wildman–Crippen LogP) is 3.49. The van der Waals surface area contributed by atoms with Crippen LogP contribution in [-0.4, -0.2) is 47.5 Å². The van der Waals surface area contributed by atoms with Gasteiger partial charge < -0.3 is 5.11 Å². The van der Waals surface area contributed by atoms with Gasteiger partial charge in [-0.05, 0) is 30.5 Å². The van der Waals surface area contributed by atoms with Crippen molar-refractivity contribution in [3.63, 3.8) is 0 Å². The van der Waals surface area contributed by atoms with Crippen LogP contribution >= 0.6 is 11.6 Å². The minimum Gasteiger partial charge on any atom is -0.481 e. The molecule has 0 saturated heterocycles. The molecule has 1 amide bonds. The Morgan fingerprint density at radius 1 is 1.29 bits per heavy atom. The Bertz CT molecular complexity index is 1080. The molecule has 1 heterocycles. The van der Waals surface area contributed by atoms with Crippen molar-refractivity contribution in [2.75, 3.05) is 11.2 Å². The van der Waals surface area contributed by atoms with Gasteiger partial charge in [-0.25, -0.2) is 8.42 Å². The lowest BCUT2D eigenvalue weighted by Gasteiger charge is -2.32. The van der Waals surface area contributed by atoms with E-state index in [0.717, 1.165) is 31.1 Å². The van der Waals surface area contributed by atoms with E-state index < -0.39 is 15.8 Å². The molecule has 2 unspecified atom stereocenters. The van der Waals surface area contributed by atoms with Crippen molar-refractivity contribution >= 4 is 39.1 Å². The summed E-state index contributed by atoms with van der Waals surface area (Å²) < 4.78 is 25.3. The lowest BCUT2D eigenvalue weighted by atomic mass is 9.93. The normalized spacial score (nSPS) is 18.8. The third-order valence-electron chi connectivity index (χ3n) is 5.59. The fraction of sp³-hybridized carbons (Fsp3) is 0.476. The quantitative estimate of drug-likeness (QED) is 0.636. The number of aliphatic carboxylic acids is 1. The second-order valence-electron chi connectivity index (χ2n) is 7.76. The van der Waals surface area contributed by atoms with Crippen molar-refractivity contribution in [1.82, 2.24) is 9.78 Å². The summed E-state index contributed by atoms with van der Waals surface area (Å²) in [5.41, 5.74) is 0.888. The first kappa shape index (κ1) is 23.3. The average molecular weight is 468 g/mol. The monoisotopic (exact) mass is 467 g/mol. The number of carbonyl (C=O) groups is 2. The second kappa shape index (κ2) is 9.40. The number of hydrogen-bond acceptors (Lipinski definition) is 5. The zero-order valence-corrected chi connectivity index (χ0v) is 19.1. The number of anilines is 1. The Balaban J connectivity index is 1.92. The first-order valence-electron chi connectivity index (χ1n) is 10.2. The number of hydrogen-bond donors (Lipinski definition) is 1. The van der Waals surface area contributed by atoms with Gasteiger partial charge >= 0.3 is 5.97 Å². The summed E-state index contributed by atoms with van der Waals surface area (Å²) in [7, 11) is -3.42. The van der Waals surface area contributed by atoms with Crippen LogP contribution < -0.4 is 4.90 Å². The highest BCUT2D eigenvalue weighted by molar-refractivity contribution is 7.90. The molecule has 0 radical (unpaired) electrons. The minimum atomic E-state index is -3.42. The summed E-state index contributed by atoms with van der Waals surface area (Å²) in [5, 5.41) is 13.5. The smallest absolute Gasteiger partial charge is 0.305 e. The van der Waals surface area contributed by atoms with Gasteiger partial charge in [0, 0.05) is 36.9 Å². The summed E-state index contributed by atoms with van der Waals surface area (Å²) in [4.78, 5) is 25.5. The molecule has 1 saturated carbocycles. The van der Waals surface area contributed by atoms with Crippen LogP contribution in [0.25, 0.3) is 0 Å². The summed E-state index contributed by atoms with van der Waals surface area (Å²) in [6, 6.07) is 6.56. The topological polar surface area (TPSA) is 110 Å². The van der Waals surface area contributed by atoms with Crippen LogP contribution in [0.4, 0.5) is 5.82 Å². The van der Waals surface area contributed by atoms with E-state index in [2.05, 4.69) is 5.10 Å². The largest absolute Gasteiger partial charge is 0.481 e. The Labute approximate surface area is 186 Å². The van der Waals surface area contributed by atoms with Gasteiger partial charge in [0.05, 0.1) is 22.9 Å². The number of amides is 1. The van der Waals surface area contributed by atoms with Crippen molar-refractivity contribution in [3.8, 4) is 0 Å². The second-order valence-corrected chi connectivity index (χ2v) is 10.2. The van der Waals surface area contributed by atoms with Crippen LogP contribution in [0.5, 0.6) is 0 Å². The van der Waals surface area contributed by atoms with Gasteiger partial charge in [0.1, 0.15) is 0 Å². The number of aromatic nitrogens is 2. The first-order valence-corrected chi connectivity index (χ1v) is 12.5. The summed E-state index contributed by atoms with van der Waals surface area (Å²) >= 11 is 6.27. The Hall–Kier alpha value is -2.39. The van der Waals surface area contributed by atoms with E-state index in [0.29, 0.717) is 12.2 Å². The van der Waals surface area contributed by atoms with Gasteiger partial charge in [-0.2, -0.15) is 5.10 Å². The van der Waals surface area contributed by atoms with E-state index in [1.54, 1.807) is 36.2 Å². The number of carboxylic acids is 1. The van der Waals surface area contributed by atoms with E-state index >= 15 is 0 Å². The van der Waals surface area contributed by atoms with Crippen LogP contribution in [-0.2, 0) is 26.0 Å². The lowest BCUT2D eigenvalue weighted by Crippen LogP contribution is -2.42. The van der Waals surface area contributed by atoms with Crippen molar-refractivity contribution < 1.29 is 23.1 Å². The molecule has 168 valence electrons. The number of sulfone groups is 1. The van der Waals surface area contributed by atoms with E-state index in [1.165, 1.54) is 10.7 Å². The molecule has 1 aliphatic rings. The molecule has 1 aromatic carbocycles. The van der Waals surface area contributed by atoms with Crippen molar-refractivity contribution in [1.29, 1.82) is 0 Å². The number of nitrogens with zero attached hydrogens (tertiary/aromatic N) is 3. The molecule has 1 aliphatic carbocycles. The Morgan fingerprint density at radius 3 is 2.65 bits per heavy atom. The standard InChI is InChI=1S/C21H26ClN3O5S/c1-3-20(26)25(19-9-11-24(23-19)12-10-21(27)28)17-6-4-5-15(17)14-7-8-18(16(22)13-14)31(2,29)30/h7-9,11,13,15,17H,3-6,10,12H2,1-2H3,(H,27,28). The SMILES string of the molecule is CCC(=O)N(c1ccn(CCC(=O)O)n1)C1CCCC1c1ccc(S(C)(=O)=O)c(Cl)c1. The van der Waals surface area contributed by atoms with E-state index in [1.807, 2.05) is 0 Å². The first-order chi connectivity index (χ1) is 14.6. The number of benzene rings is 1. The molecule has 0 bridgehead atoms. The van der Waals surface area contributed by atoms with E-state index in [-0.39, 0.29) is 40.8 Å². The number of carbonyl (C=O) groups excluding carboxylic acids is 1. The maximum Gasteiger partial charge on any atom is 0.305 e. The predicted molar refractivity (Wildman–Crippen MR) is 117 cm³/mol. The fourth-order valence-corrected chi connectivity index (χ4v) is 5.49. The molecule has 1 N–H and O–H groups in total. The fourth-order valence-electron chi connectivity index (χ4n) is 4.15. The number of rotatable bonds is 8. The van der Waals surface area contributed by atoms with Crippen molar-refractivity contribution in [3.05, 3.63) is 41.0 Å². The molecule has 0 spiro atoms. The number of halogens is 1. The summed E-state index contributed by atoms with van der Waals surface area (Å²) in [5.74, 6) is -0.498. The molecule has 0 aliphatic heterocycles. The summed E-state index contributed by atoms with van der Waals surface area (Å²) in [6.07, 6.45) is 5.58. The van der Waals surface area contributed by atoms with Crippen LogP contribution in [0, 0.1) is 0 Å². The molecule has 2 atom stereocenters. The number of carboxylic acid groups (broad SMARTS) is 1. The van der Waals surface area contributed by atoms with E-state index in [9.17, 15) is 18.0 Å². The van der Waals surface area contributed by atoms with Crippen LogP contribution in [0.1, 0.15) is 50.5 Å². The molecular formula is C21H26ClN3O5S. The number of aryl methyl sites for hydroxylation is 1. The third-order valence-corrected chi connectivity index (χ3v) is 7.17. The molecule has 3 rings (SSSR count). The highest BCUT2D eigenvalue weighted by Gasteiger charge is 2.37. The van der Waals surface area contributed by atoms with Gasteiger partial charge in [-0.15, -0.1) is 0 Å². The molecular weight excluding hydrogens is 442 g/mol. The maximum atomic E-state index is 12.9. The molecule has 8 nitrogen and oxygen atoms in total.